The van der Waals surface area contributed by atoms with E-state index in [4.69, 9.17) is 0 Å². The zero-order valence-corrected chi connectivity index (χ0v) is 13.7. The predicted octanol–water partition coefficient (Wildman–Crippen LogP) is 0.734. The minimum atomic E-state index is -3.08. The van der Waals surface area contributed by atoms with E-state index in [1.165, 1.54) is 0 Å². The topological polar surface area (TPSA) is 52.7 Å². The van der Waals surface area contributed by atoms with Gasteiger partial charge in [-0.15, -0.1) is 0 Å². The number of hydrogen-bond acceptors (Lipinski definition) is 4. The molecule has 5 nitrogen and oxygen atoms in total. The Kier molecular flexibility index (Phi) is 5.45. The Morgan fingerprint density at radius 3 is 2.45 bits per heavy atom. The molecule has 2 saturated heterocycles. The van der Waals surface area contributed by atoms with Crippen LogP contribution in [-0.4, -0.2) is 69.2 Å². The molecule has 2 rings (SSSR count). The highest BCUT2D eigenvalue weighted by Gasteiger charge is 2.29. The summed E-state index contributed by atoms with van der Waals surface area (Å²) in [7, 11) is -3.08. The van der Waals surface area contributed by atoms with Crippen molar-refractivity contribution in [3.63, 3.8) is 0 Å². The van der Waals surface area contributed by atoms with Crippen LogP contribution >= 0.6 is 0 Å². The van der Waals surface area contributed by atoms with Gasteiger partial charge in [-0.2, -0.15) is 0 Å². The van der Waals surface area contributed by atoms with Crippen LogP contribution in [0.2, 0.25) is 0 Å². The zero-order chi connectivity index (χ0) is 14.6. The fraction of sp³-hybridized carbons (Fsp3) is 1.00. The van der Waals surface area contributed by atoms with Crippen molar-refractivity contribution in [1.82, 2.24) is 14.5 Å². The highest BCUT2D eigenvalue weighted by atomic mass is 32.2. The second-order valence-electron chi connectivity index (χ2n) is 6.82. The lowest BCUT2D eigenvalue weighted by molar-refractivity contribution is 0.252. The molecular formula is C14H29N3O2S. The summed E-state index contributed by atoms with van der Waals surface area (Å²) < 4.78 is 26.7. The van der Waals surface area contributed by atoms with Crippen LogP contribution in [0.25, 0.3) is 0 Å². The van der Waals surface area contributed by atoms with Crippen molar-refractivity contribution in [1.29, 1.82) is 0 Å². The molecule has 2 heterocycles. The lowest BCUT2D eigenvalue weighted by Crippen LogP contribution is -2.46. The second-order valence-corrected chi connectivity index (χ2v) is 8.91. The van der Waals surface area contributed by atoms with Crippen molar-refractivity contribution in [3.05, 3.63) is 0 Å². The molecule has 20 heavy (non-hydrogen) atoms. The van der Waals surface area contributed by atoms with E-state index < -0.39 is 10.0 Å². The number of nitrogens with zero attached hydrogens (tertiary/aromatic N) is 2. The van der Waals surface area contributed by atoms with Crippen LogP contribution in [0.1, 0.15) is 33.1 Å². The molecule has 0 saturated carbocycles. The summed E-state index contributed by atoms with van der Waals surface area (Å²) in [6.07, 6.45) is 3.08. The Hall–Kier alpha value is -0.170. The SMILES string of the molecule is CC1(C)CCCN(S(=O)(=O)CCN2CCNCC2)CC1. The molecule has 0 unspecified atom stereocenters. The van der Waals surface area contributed by atoms with Crippen molar-refractivity contribution in [2.45, 2.75) is 33.1 Å². The summed E-state index contributed by atoms with van der Waals surface area (Å²) >= 11 is 0. The quantitative estimate of drug-likeness (QED) is 0.832. The summed E-state index contributed by atoms with van der Waals surface area (Å²) in [5, 5.41) is 3.29. The third kappa shape index (κ3) is 4.69. The molecule has 2 aliphatic heterocycles. The van der Waals surface area contributed by atoms with Gasteiger partial charge in [-0.1, -0.05) is 13.8 Å². The molecule has 0 spiro atoms. The molecule has 0 aliphatic carbocycles. The molecule has 2 fully saturated rings. The van der Waals surface area contributed by atoms with Crippen molar-refractivity contribution >= 4 is 10.0 Å². The van der Waals surface area contributed by atoms with Crippen LogP contribution in [0, 0.1) is 5.41 Å². The third-order valence-electron chi connectivity index (χ3n) is 4.57. The first-order valence-electron chi connectivity index (χ1n) is 7.80. The molecule has 6 heteroatoms. The van der Waals surface area contributed by atoms with Crippen LogP contribution in [0.5, 0.6) is 0 Å². The monoisotopic (exact) mass is 303 g/mol. The molecule has 1 N–H and O–H groups in total. The smallest absolute Gasteiger partial charge is 0.215 e. The number of nitrogens with one attached hydrogen (secondary N) is 1. The van der Waals surface area contributed by atoms with E-state index in [0.717, 1.165) is 45.4 Å². The first-order valence-corrected chi connectivity index (χ1v) is 9.41. The third-order valence-corrected chi connectivity index (χ3v) is 6.42. The largest absolute Gasteiger partial charge is 0.314 e. The van der Waals surface area contributed by atoms with E-state index in [0.29, 0.717) is 19.6 Å². The van der Waals surface area contributed by atoms with Gasteiger partial charge in [0.25, 0.3) is 0 Å². The zero-order valence-electron chi connectivity index (χ0n) is 12.9. The van der Waals surface area contributed by atoms with Crippen molar-refractivity contribution < 1.29 is 8.42 Å². The number of rotatable bonds is 4. The molecule has 2 aliphatic rings. The Bertz CT molecular complexity index is 403. The number of piperazine rings is 1. The average Bonchev–Trinajstić information content (AvgIpc) is 2.59. The highest BCUT2D eigenvalue weighted by Crippen LogP contribution is 2.30. The highest BCUT2D eigenvalue weighted by molar-refractivity contribution is 7.89. The van der Waals surface area contributed by atoms with Gasteiger partial charge in [0.1, 0.15) is 0 Å². The van der Waals surface area contributed by atoms with E-state index in [1.807, 2.05) is 0 Å². The Balaban J connectivity index is 1.85. The molecule has 0 bridgehead atoms. The van der Waals surface area contributed by atoms with Crippen LogP contribution in [-0.2, 0) is 10.0 Å². The summed E-state index contributed by atoms with van der Waals surface area (Å²) in [5.74, 6) is 0.271. The Morgan fingerprint density at radius 2 is 1.75 bits per heavy atom. The summed E-state index contributed by atoms with van der Waals surface area (Å²) in [6.45, 7) is 10.4. The van der Waals surface area contributed by atoms with Gasteiger partial charge in [0.05, 0.1) is 5.75 Å². The lowest BCUT2D eigenvalue weighted by Gasteiger charge is -2.28. The van der Waals surface area contributed by atoms with E-state index in [2.05, 4.69) is 24.1 Å². The van der Waals surface area contributed by atoms with Gasteiger partial charge in [-0.3, -0.25) is 4.90 Å². The van der Waals surface area contributed by atoms with Crippen LogP contribution < -0.4 is 5.32 Å². The summed E-state index contributed by atoms with van der Waals surface area (Å²) in [6, 6.07) is 0. The Morgan fingerprint density at radius 1 is 1.05 bits per heavy atom. The van der Waals surface area contributed by atoms with E-state index in [9.17, 15) is 8.42 Å². The van der Waals surface area contributed by atoms with Gasteiger partial charge in [-0.05, 0) is 24.7 Å². The van der Waals surface area contributed by atoms with E-state index in [-0.39, 0.29) is 11.2 Å². The van der Waals surface area contributed by atoms with Gasteiger partial charge in [0.15, 0.2) is 0 Å². The van der Waals surface area contributed by atoms with Gasteiger partial charge in [0, 0.05) is 45.8 Å². The van der Waals surface area contributed by atoms with Crippen LogP contribution in [0.15, 0.2) is 0 Å². The standard InChI is InChI=1S/C14H29N3O2S/c1-14(2)4-3-8-17(9-5-14)20(18,19)13-12-16-10-6-15-7-11-16/h15H,3-13H2,1-2H3. The van der Waals surface area contributed by atoms with E-state index >= 15 is 0 Å². The van der Waals surface area contributed by atoms with Crippen molar-refractivity contribution in [2.75, 3.05) is 51.6 Å². The molecule has 0 aromatic carbocycles. The predicted molar refractivity (Wildman–Crippen MR) is 82.3 cm³/mol. The molecule has 0 atom stereocenters. The van der Waals surface area contributed by atoms with E-state index in [1.54, 1.807) is 4.31 Å². The first kappa shape index (κ1) is 16.2. The maximum Gasteiger partial charge on any atom is 0.215 e. The van der Waals surface area contributed by atoms with Crippen molar-refractivity contribution in [2.24, 2.45) is 5.41 Å². The minimum Gasteiger partial charge on any atom is -0.314 e. The summed E-state index contributed by atoms with van der Waals surface area (Å²) in [5.41, 5.74) is 0.281. The number of hydrogen-bond donors (Lipinski definition) is 1. The molecule has 0 amide bonds. The maximum atomic E-state index is 12.5. The number of sulfonamides is 1. The van der Waals surface area contributed by atoms with Gasteiger partial charge < -0.3 is 5.32 Å². The normalized spacial score (nSPS) is 26.3. The fourth-order valence-electron chi connectivity index (χ4n) is 2.98. The molecule has 0 aromatic heterocycles. The minimum absolute atomic E-state index is 0.271. The second kappa shape index (κ2) is 6.73. The molecule has 0 radical (unpaired) electrons. The van der Waals surface area contributed by atoms with Crippen molar-refractivity contribution in [3.8, 4) is 0 Å². The molecule has 118 valence electrons. The van der Waals surface area contributed by atoms with Crippen LogP contribution in [0.3, 0.4) is 0 Å². The maximum absolute atomic E-state index is 12.5. The van der Waals surface area contributed by atoms with Crippen LogP contribution in [0.4, 0.5) is 0 Å². The fourth-order valence-corrected chi connectivity index (χ4v) is 4.51. The first-order chi connectivity index (χ1) is 9.39. The average molecular weight is 303 g/mol. The van der Waals surface area contributed by atoms with Gasteiger partial charge >= 0.3 is 0 Å². The lowest BCUT2D eigenvalue weighted by atomic mass is 9.85. The molecule has 0 aromatic rings. The van der Waals surface area contributed by atoms with Gasteiger partial charge in [0.2, 0.25) is 10.0 Å². The molecular weight excluding hydrogens is 274 g/mol. The summed E-state index contributed by atoms with van der Waals surface area (Å²) in [4.78, 5) is 2.25. The van der Waals surface area contributed by atoms with Gasteiger partial charge in [-0.25, -0.2) is 12.7 Å². The Labute approximate surface area is 123 Å².